The third kappa shape index (κ3) is 3.70. The molecule has 0 aliphatic heterocycles. The van der Waals surface area contributed by atoms with Gasteiger partial charge in [-0.1, -0.05) is 17.7 Å². The minimum absolute atomic E-state index is 0.647. The Morgan fingerprint density at radius 3 is 2.84 bits per heavy atom. The lowest BCUT2D eigenvalue weighted by atomic mass is 10.2. The van der Waals surface area contributed by atoms with Gasteiger partial charge in [-0.3, -0.25) is 0 Å². The lowest BCUT2D eigenvalue weighted by molar-refractivity contribution is 0.983. The normalized spacial score (nSPS) is 14.6. The Kier molecular flexibility index (Phi) is 4.03. The summed E-state index contributed by atoms with van der Waals surface area (Å²) in [7, 11) is 0. The number of thioether (sulfide) groups is 1. The van der Waals surface area contributed by atoms with Crippen molar-refractivity contribution in [3.63, 3.8) is 0 Å². The number of anilines is 1. The molecule has 0 bridgehead atoms. The van der Waals surface area contributed by atoms with Crippen molar-refractivity contribution in [2.45, 2.75) is 30.6 Å². The number of aryl methyl sites for hydroxylation is 1. The van der Waals surface area contributed by atoms with Crippen LogP contribution in [0.25, 0.3) is 0 Å². The summed E-state index contributed by atoms with van der Waals surface area (Å²) < 4.78 is 4.39. The van der Waals surface area contributed by atoms with Gasteiger partial charge in [0.1, 0.15) is 5.82 Å². The average Bonchev–Trinajstić information content (AvgIpc) is 3.17. The van der Waals surface area contributed by atoms with Gasteiger partial charge in [0.05, 0.1) is 0 Å². The lowest BCUT2D eigenvalue weighted by Crippen LogP contribution is -2.03. The van der Waals surface area contributed by atoms with Crippen molar-refractivity contribution in [1.29, 1.82) is 0 Å². The van der Waals surface area contributed by atoms with Crippen molar-refractivity contribution in [2.24, 2.45) is 0 Å². The van der Waals surface area contributed by atoms with Gasteiger partial charge in [-0.25, -0.2) is 4.98 Å². The highest BCUT2D eigenvalue weighted by Crippen LogP contribution is 2.39. The topological polar surface area (TPSA) is 37.8 Å². The van der Waals surface area contributed by atoms with E-state index in [1.807, 2.05) is 11.8 Å². The Balaban J connectivity index is 1.41. The molecule has 1 heterocycles. The van der Waals surface area contributed by atoms with E-state index in [-0.39, 0.29) is 0 Å². The predicted molar refractivity (Wildman–Crippen MR) is 82.3 cm³/mol. The molecule has 0 amide bonds. The van der Waals surface area contributed by atoms with E-state index in [4.69, 9.17) is 0 Å². The van der Waals surface area contributed by atoms with Crippen molar-refractivity contribution >= 4 is 28.4 Å². The van der Waals surface area contributed by atoms with Gasteiger partial charge >= 0.3 is 0 Å². The first kappa shape index (κ1) is 12.9. The van der Waals surface area contributed by atoms with Crippen molar-refractivity contribution in [2.75, 3.05) is 17.6 Å². The standard InChI is InChI=1S/C14H17N3S2/c1-10-2-6-12(7-3-10)18-9-8-15-14-16-13(17-19-14)11-4-5-11/h2-3,6-7,11H,4-5,8-9H2,1H3,(H,15,16,17). The molecule has 0 atom stereocenters. The minimum Gasteiger partial charge on any atom is -0.359 e. The van der Waals surface area contributed by atoms with Gasteiger partial charge in [0.15, 0.2) is 0 Å². The molecule has 0 saturated heterocycles. The summed E-state index contributed by atoms with van der Waals surface area (Å²) >= 11 is 3.35. The molecule has 2 aromatic rings. The fourth-order valence-corrected chi connectivity index (χ4v) is 3.21. The van der Waals surface area contributed by atoms with Crippen LogP contribution in [0.3, 0.4) is 0 Å². The fraction of sp³-hybridized carbons (Fsp3) is 0.429. The molecule has 1 aromatic heterocycles. The summed E-state index contributed by atoms with van der Waals surface area (Å²) in [6.07, 6.45) is 2.53. The van der Waals surface area contributed by atoms with Crippen LogP contribution in [0.4, 0.5) is 5.13 Å². The monoisotopic (exact) mass is 291 g/mol. The molecule has 3 nitrogen and oxygen atoms in total. The summed E-state index contributed by atoms with van der Waals surface area (Å²) in [6.45, 7) is 3.04. The van der Waals surface area contributed by atoms with Crippen LogP contribution < -0.4 is 5.32 Å². The van der Waals surface area contributed by atoms with Crippen molar-refractivity contribution in [1.82, 2.24) is 9.36 Å². The first-order valence-corrected chi connectivity index (χ1v) is 8.34. The Morgan fingerprint density at radius 1 is 1.32 bits per heavy atom. The van der Waals surface area contributed by atoms with E-state index in [0.717, 1.165) is 23.3 Å². The quantitative estimate of drug-likeness (QED) is 0.646. The van der Waals surface area contributed by atoms with Gasteiger partial charge in [-0.05, 0) is 31.9 Å². The molecule has 1 fully saturated rings. The summed E-state index contributed by atoms with van der Waals surface area (Å²) in [4.78, 5) is 5.84. The molecule has 1 N–H and O–H groups in total. The van der Waals surface area contributed by atoms with Crippen LogP contribution >= 0.6 is 23.3 Å². The number of hydrogen-bond acceptors (Lipinski definition) is 5. The fourth-order valence-electron chi connectivity index (χ4n) is 1.78. The highest BCUT2D eigenvalue weighted by atomic mass is 32.2. The lowest BCUT2D eigenvalue weighted by Gasteiger charge is -2.03. The molecule has 1 saturated carbocycles. The molecular formula is C14H17N3S2. The molecule has 5 heteroatoms. The van der Waals surface area contributed by atoms with Crippen LogP contribution in [0.15, 0.2) is 29.2 Å². The summed E-state index contributed by atoms with van der Waals surface area (Å²) in [5.74, 6) is 2.73. The maximum Gasteiger partial charge on any atom is 0.202 e. The van der Waals surface area contributed by atoms with Gasteiger partial charge in [-0.15, -0.1) is 11.8 Å². The average molecular weight is 291 g/mol. The van der Waals surface area contributed by atoms with Gasteiger partial charge in [-0.2, -0.15) is 4.37 Å². The van der Waals surface area contributed by atoms with E-state index in [2.05, 4.69) is 45.9 Å². The summed E-state index contributed by atoms with van der Waals surface area (Å²) in [6, 6.07) is 8.66. The number of nitrogens with zero attached hydrogens (tertiary/aromatic N) is 2. The molecule has 1 aliphatic carbocycles. The number of hydrogen-bond donors (Lipinski definition) is 1. The smallest absolute Gasteiger partial charge is 0.202 e. The zero-order valence-electron chi connectivity index (χ0n) is 10.9. The predicted octanol–water partition coefficient (Wildman–Crippen LogP) is 3.93. The van der Waals surface area contributed by atoms with Gasteiger partial charge in [0, 0.05) is 34.6 Å². The van der Waals surface area contributed by atoms with E-state index < -0.39 is 0 Å². The number of rotatable bonds is 6. The highest BCUT2D eigenvalue weighted by Gasteiger charge is 2.27. The van der Waals surface area contributed by atoms with E-state index >= 15 is 0 Å². The number of nitrogens with one attached hydrogen (secondary N) is 1. The van der Waals surface area contributed by atoms with E-state index in [1.54, 1.807) is 0 Å². The van der Waals surface area contributed by atoms with E-state index in [1.165, 1.54) is 34.8 Å². The maximum atomic E-state index is 4.52. The second-order valence-corrected chi connectivity index (χ2v) is 6.74. The summed E-state index contributed by atoms with van der Waals surface area (Å²) in [5.41, 5.74) is 1.31. The van der Waals surface area contributed by atoms with Crippen molar-refractivity contribution in [3.8, 4) is 0 Å². The maximum absolute atomic E-state index is 4.52. The summed E-state index contributed by atoms with van der Waals surface area (Å²) in [5, 5.41) is 4.32. The Hall–Kier alpha value is -1.07. The van der Waals surface area contributed by atoms with Crippen LogP contribution in [-0.4, -0.2) is 21.7 Å². The molecule has 100 valence electrons. The van der Waals surface area contributed by atoms with E-state index in [9.17, 15) is 0 Å². The first-order chi connectivity index (χ1) is 9.31. The third-order valence-electron chi connectivity index (χ3n) is 3.05. The first-order valence-electron chi connectivity index (χ1n) is 6.58. The largest absolute Gasteiger partial charge is 0.359 e. The molecule has 19 heavy (non-hydrogen) atoms. The zero-order chi connectivity index (χ0) is 13.1. The van der Waals surface area contributed by atoms with Gasteiger partial charge in [0.2, 0.25) is 5.13 Å². The van der Waals surface area contributed by atoms with Crippen LogP contribution in [0, 0.1) is 6.92 Å². The van der Waals surface area contributed by atoms with E-state index in [0.29, 0.717) is 5.92 Å². The Labute approximate surface area is 122 Å². The second kappa shape index (κ2) is 5.92. The van der Waals surface area contributed by atoms with Crippen LogP contribution in [0.5, 0.6) is 0 Å². The molecule has 0 radical (unpaired) electrons. The molecule has 1 aliphatic rings. The minimum atomic E-state index is 0.647. The number of benzene rings is 1. The van der Waals surface area contributed by atoms with Crippen LogP contribution in [0.2, 0.25) is 0 Å². The van der Waals surface area contributed by atoms with Crippen molar-refractivity contribution in [3.05, 3.63) is 35.7 Å². The van der Waals surface area contributed by atoms with Gasteiger partial charge in [0.25, 0.3) is 0 Å². The molecule has 0 unspecified atom stereocenters. The van der Waals surface area contributed by atoms with Gasteiger partial charge < -0.3 is 5.32 Å². The molecular weight excluding hydrogens is 274 g/mol. The van der Waals surface area contributed by atoms with Crippen LogP contribution in [0.1, 0.15) is 30.1 Å². The zero-order valence-corrected chi connectivity index (χ0v) is 12.6. The third-order valence-corrected chi connectivity index (χ3v) is 4.75. The SMILES string of the molecule is Cc1ccc(SCCNc2nc(C3CC3)ns2)cc1. The Morgan fingerprint density at radius 2 is 2.11 bits per heavy atom. The molecule has 3 rings (SSSR count). The second-order valence-electron chi connectivity index (χ2n) is 4.82. The Bertz CT molecular complexity index is 532. The highest BCUT2D eigenvalue weighted by molar-refractivity contribution is 7.99. The molecule has 1 aromatic carbocycles. The van der Waals surface area contributed by atoms with Crippen molar-refractivity contribution < 1.29 is 0 Å². The number of aromatic nitrogens is 2. The molecule has 0 spiro atoms. The van der Waals surface area contributed by atoms with Crippen LogP contribution in [-0.2, 0) is 0 Å².